The fourth-order valence-corrected chi connectivity index (χ4v) is 1.93. The Morgan fingerprint density at radius 1 is 1.33 bits per heavy atom. The third-order valence-electron chi connectivity index (χ3n) is 2.90. The van der Waals surface area contributed by atoms with Gasteiger partial charge in [0.2, 0.25) is 5.91 Å². The van der Waals surface area contributed by atoms with Crippen molar-refractivity contribution in [3.63, 3.8) is 0 Å². The molecule has 0 saturated heterocycles. The summed E-state index contributed by atoms with van der Waals surface area (Å²) >= 11 is 0. The molecule has 6 heteroatoms. The first-order valence-electron chi connectivity index (χ1n) is 5.49. The Morgan fingerprint density at radius 3 is 2.72 bits per heavy atom. The molecule has 1 aromatic carbocycles. The van der Waals surface area contributed by atoms with E-state index >= 15 is 0 Å². The number of hydrogen-bond acceptors (Lipinski definition) is 3. The summed E-state index contributed by atoms with van der Waals surface area (Å²) in [6.07, 6.45) is 1.06. The van der Waals surface area contributed by atoms with Crippen LogP contribution in [0.15, 0.2) is 18.2 Å². The van der Waals surface area contributed by atoms with Crippen molar-refractivity contribution in [3.05, 3.63) is 23.8 Å². The van der Waals surface area contributed by atoms with Crippen molar-refractivity contribution in [2.24, 2.45) is 5.73 Å². The molecule has 1 heterocycles. The van der Waals surface area contributed by atoms with Gasteiger partial charge in [0.05, 0.1) is 0 Å². The predicted molar refractivity (Wildman–Crippen MR) is 66.0 cm³/mol. The fraction of sp³-hybridized carbons (Fsp3) is 0.250. The minimum atomic E-state index is -1.03. The van der Waals surface area contributed by atoms with E-state index in [2.05, 4.69) is 5.32 Å². The maximum absolute atomic E-state index is 11.5. The molecule has 0 atom stereocenters. The largest absolute Gasteiger partial charge is 0.361 e. The molecule has 3 amide bonds. The zero-order valence-electron chi connectivity index (χ0n) is 9.90. The summed E-state index contributed by atoms with van der Waals surface area (Å²) < 4.78 is 0. The number of amides is 3. The van der Waals surface area contributed by atoms with Crippen LogP contribution in [-0.2, 0) is 20.8 Å². The van der Waals surface area contributed by atoms with Gasteiger partial charge in [-0.1, -0.05) is 0 Å². The zero-order chi connectivity index (χ0) is 13.3. The Balaban J connectivity index is 2.26. The summed E-state index contributed by atoms with van der Waals surface area (Å²) in [6, 6.07) is 5.12. The number of aryl methyl sites for hydroxylation is 1. The number of nitrogens with one attached hydrogen (secondary N) is 1. The summed E-state index contributed by atoms with van der Waals surface area (Å²) in [5, 5.41) is 2.40. The van der Waals surface area contributed by atoms with E-state index < -0.39 is 11.8 Å². The number of rotatable bonds is 1. The van der Waals surface area contributed by atoms with Gasteiger partial charge in [-0.3, -0.25) is 14.4 Å². The van der Waals surface area contributed by atoms with Gasteiger partial charge in [0.25, 0.3) is 0 Å². The van der Waals surface area contributed by atoms with E-state index in [1.54, 1.807) is 30.1 Å². The van der Waals surface area contributed by atoms with E-state index in [0.717, 1.165) is 11.3 Å². The van der Waals surface area contributed by atoms with Crippen LogP contribution in [0.5, 0.6) is 0 Å². The summed E-state index contributed by atoms with van der Waals surface area (Å²) in [5.41, 5.74) is 7.14. The number of carbonyl (C=O) groups is 3. The van der Waals surface area contributed by atoms with Crippen LogP contribution in [0.25, 0.3) is 0 Å². The zero-order valence-corrected chi connectivity index (χ0v) is 9.90. The number of benzene rings is 1. The van der Waals surface area contributed by atoms with Gasteiger partial charge < -0.3 is 16.0 Å². The van der Waals surface area contributed by atoms with Gasteiger partial charge in [-0.2, -0.15) is 0 Å². The molecule has 0 spiro atoms. The second kappa shape index (κ2) is 4.48. The van der Waals surface area contributed by atoms with E-state index in [9.17, 15) is 14.4 Å². The molecule has 94 valence electrons. The summed E-state index contributed by atoms with van der Waals surface area (Å²) in [6.45, 7) is 0. The molecule has 3 N–H and O–H groups in total. The number of anilines is 2. The average Bonchev–Trinajstić information content (AvgIpc) is 2.34. The molecular weight excluding hydrogens is 234 g/mol. The highest BCUT2D eigenvalue weighted by Crippen LogP contribution is 2.29. The first-order valence-corrected chi connectivity index (χ1v) is 5.49. The standard InChI is InChI=1S/C12H13N3O3/c1-15-9-4-3-8(14-12(18)11(13)17)6-7(9)2-5-10(15)16/h3-4,6H,2,5H2,1H3,(H2,13,17)(H,14,18). The number of primary amides is 1. The lowest BCUT2D eigenvalue weighted by atomic mass is 10.0. The molecule has 1 aliphatic rings. The number of nitrogens with zero attached hydrogens (tertiary/aromatic N) is 1. The molecule has 0 radical (unpaired) electrons. The van der Waals surface area contributed by atoms with Gasteiger partial charge in [0, 0.05) is 24.8 Å². The van der Waals surface area contributed by atoms with E-state index in [1.807, 2.05) is 0 Å². The van der Waals surface area contributed by atoms with E-state index in [4.69, 9.17) is 5.73 Å². The predicted octanol–water partition coefficient (Wildman–Crippen LogP) is 0.0194. The van der Waals surface area contributed by atoms with Crippen LogP contribution in [0.3, 0.4) is 0 Å². The van der Waals surface area contributed by atoms with Crippen LogP contribution >= 0.6 is 0 Å². The maximum atomic E-state index is 11.5. The fourth-order valence-electron chi connectivity index (χ4n) is 1.93. The molecule has 2 rings (SSSR count). The molecule has 1 aliphatic heterocycles. The first-order chi connectivity index (χ1) is 8.49. The lowest BCUT2D eigenvalue weighted by Gasteiger charge is -2.26. The molecule has 0 unspecified atom stereocenters. The maximum Gasteiger partial charge on any atom is 0.313 e. The van der Waals surface area contributed by atoms with Crippen LogP contribution in [0.2, 0.25) is 0 Å². The second-order valence-corrected chi connectivity index (χ2v) is 4.11. The van der Waals surface area contributed by atoms with Crippen molar-refractivity contribution in [2.45, 2.75) is 12.8 Å². The SMILES string of the molecule is CN1C(=O)CCc2cc(NC(=O)C(N)=O)ccc21. The minimum absolute atomic E-state index is 0.0661. The molecule has 6 nitrogen and oxygen atoms in total. The summed E-state index contributed by atoms with van der Waals surface area (Å²) in [5.74, 6) is -1.81. The number of nitrogens with two attached hydrogens (primary N) is 1. The van der Waals surface area contributed by atoms with Crippen LogP contribution < -0.4 is 16.0 Å². The molecule has 18 heavy (non-hydrogen) atoms. The normalized spacial score (nSPS) is 14.1. The molecule has 0 fully saturated rings. The van der Waals surface area contributed by atoms with E-state index in [1.165, 1.54) is 0 Å². The van der Waals surface area contributed by atoms with Crippen molar-refractivity contribution < 1.29 is 14.4 Å². The molecular formula is C12H13N3O3. The third kappa shape index (κ3) is 2.17. The lowest BCUT2D eigenvalue weighted by Crippen LogP contribution is -2.32. The van der Waals surface area contributed by atoms with Gasteiger partial charge in [0.15, 0.2) is 0 Å². The smallest absolute Gasteiger partial charge is 0.313 e. The monoisotopic (exact) mass is 247 g/mol. The van der Waals surface area contributed by atoms with Gasteiger partial charge in [-0.25, -0.2) is 0 Å². The van der Waals surface area contributed by atoms with Crippen LogP contribution in [-0.4, -0.2) is 24.8 Å². The number of hydrogen-bond donors (Lipinski definition) is 2. The molecule has 0 saturated carbocycles. The summed E-state index contributed by atoms with van der Waals surface area (Å²) in [4.78, 5) is 34.9. The number of fused-ring (bicyclic) bond motifs is 1. The summed E-state index contributed by atoms with van der Waals surface area (Å²) in [7, 11) is 1.71. The lowest BCUT2D eigenvalue weighted by molar-refractivity contribution is -0.134. The average molecular weight is 247 g/mol. The highest BCUT2D eigenvalue weighted by atomic mass is 16.2. The van der Waals surface area contributed by atoms with Crippen molar-refractivity contribution in [1.82, 2.24) is 0 Å². The van der Waals surface area contributed by atoms with Crippen molar-refractivity contribution >= 4 is 29.1 Å². The number of carbonyl (C=O) groups excluding carboxylic acids is 3. The van der Waals surface area contributed by atoms with Gasteiger partial charge in [-0.05, 0) is 30.2 Å². The van der Waals surface area contributed by atoms with Crippen molar-refractivity contribution in [2.75, 3.05) is 17.3 Å². The van der Waals surface area contributed by atoms with Crippen molar-refractivity contribution in [3.8, 4) is 0 Å². The Labute approximate surface area is 104 Å². The molecule has 1 aromatic rings. The minimum Gasteiger partial charge on any atom is -0.361 e. The van der Waals surface area contributed by atoms with Crippen molar-refractivity contribution in [1.29, 1.82) is 0 Å². The Kier molecular flexibility index (Phi) is 3.01. The topological polar surface area (TPSA) is 92.5 Å². The van der Waals surface area contributed by atoms with Gasteiger partial charge in [-0.15, -0.1) is 0 Å². The van der Waals surface area contributed by atoms with Crippen LogP contribution in [0.4, 0.5) is 11.4 Å². The first kappa shape index (κ1) is 12.1. The van der Waals surface area contributed by atoms with Crippen LogP contribution in [0.1, 0.15) is 12.0 Å². The highest BCUT2D eigenvalue weighted by Gasteiger charge is 2.21. The van der Waals surface area contributed by atoms with Gasteiger partial charge >= 0.3 is 11.8 Å². The Hall–Kier alpha value is -2.37. The Bertz CT molecular complexity index is 539. The molecule has 0 aromatic heterocycles. The van der Waals surface area contributed by atoms with Gasteiger partial charge in [0.1, 0.15) is 0 Å². The highest BCUT2D eigenvalue weighted by molar-refractivity contribution is 6.39. The third-order valence-corrected chi connectivity index (χ3v) is 2.90. The second-order valence-electron chi connectivity index (χ2n) is 4.11. The van der Waals surface area contributed by atoms with E-state index in [0.29, 0.717) is 18.5 Å². The van der Waals surface area contributed by atoms with E-state index in [-0.39, 0.29) is 5.91 Å². The molecule has 0 bridgehead atoms. The van der Waals surface area contributed by atoms with Crippen LogP contribution in [0, 0.1) is 0 Å². The quantitative estimate of drug-likeness (QED) is 0.685. The Morgan fingerprint density at radius 2 is 2.06 bits per heavy atom. The molecule has 0 aliphatic carbocycles.